The average Bonchev–Trinajstić information content (AvgIpc) is 2.58. The lowest BCUT2D eigenvalue weighted by atomic mass is 10.0. The Morgan fingerprint density at radius 1 is 1.41 bits per heavy atom. The fraction of sp³-hybridized carbons (Fsp3) is 0.923. The third-order valence-corrected chi connectivity index (χ3v) is 3.78. The molecule has 17 heavy (non-hydrogen) atoms. The summed E-state index contributed by atoms with van der Waals surface area (Å²) in [4.78, 5) is 13.7. The molecule has 0 aromatic rings. The number of hydrogen-bond donors (Lipinski definition) is 2. The summed E-state index contributed by atoms with van der Waals surface area (Å²) in [5.74, 6) is 1.31. The van der Waals surface area contributed by atoms with Gasteiger partial charge in [0, 0.05) is 19.6 Å². The minimum Gasteiger partial charge on any atom is -0.368 e. The Balaban J connectivity index is 2.29. The molecule has 1 saturated heterocycles. The van der Waals surface area contributed by atoms with Crippen molar-refractivity contribution >= 4 is 5.91 Å². The maximum absolute atomic E-state index is 11.3. The smallest absolute Gasteiger partial charge is 0.234 e. The lowest BCUT2D eigenvalue weighted by molar-refractivity contribution is -0.120. The van der Waals surface area contributed by atoms with Crippen molar-refractivity contribution in [2.75, 3.05) is 26.2 Å². The number of nitrogens with zero attached hydrogens (tertiary/aromatic N) is 1. The maximum atomic E-state index is 11.3. The summed E-state index contributed by atoms with van der Waals surface area (Å²) in [5, 5.41) is 3.21. The van der Waals surface area contributed by atoms with Gasteiger partial charge in [0.25, 0.3) is 0 Å². The molecule has 0 spiro atoms. The summed E-state index contributed by atoms with van der Waals surface area (Å²) in [6.45, 7) is 10.8. The molecule has 1 aliphatic rings. The summed E-state index contributed by atoms with van der Waals surface area (Å²) in [6.07, 6.45) is 1.86. The van der Waals surface area contributed by atoms with Crippen LogP contribution in [0.3, 0.4) is 0 Å². The lowest BCUT2D eigenvalue weighted by Gasteiger charge is -2.20. The van der Waals surface area contributed by atoms with Gasteiger partial charge in [-0.3, -0.25) is 4.79 Å². The molecule has 3 N–H and O–H groups in total. The third kappa shape index (κ3) is 4.64. The van der Waals surface area contributed by atoms with Gasteiger partial charge < -0.3 is 16.0 Å². The summed E-state index contributed by atoms with van der Waals surface area (Å²) in [6, 6.07) is -0.166. The van der Waals surface area contributed by atoms with Crippen molar-refractivity contribution in [2.24, 2.45) is 17.6 Å². The van der Waals surface area contributed by atoms with Crippen LogP contribution in [0, 0.1) is 11.8 Å². The molecule has 3 atom stereocenters. The Hall–Kier alpha value is -0.610. The van der Waals surface area contributed by atoms with Crippen molar-refractivity contribution in [3.63, 3.8) is 0 Å². The van der Waals surface area contributed by atoms with E-state index >= 15 is 0 Å². The molecule has 0 bridgehead atoms. The van der Waals surface area contributed by atoms with Crippen LogP contribution in [0.15, 0.2) is 0 Å². The van der Waals surface area contributed by atoms with Crippen LogP contribution in [-0.4, -0.2) is 43.0 Å². The molecule has 1 amide bonds. The second-order valence-electron chi connectivity index (χ2n) is 5.41. The summed E-state index contributed by atoms with van der Waals surface area (Å²) >= 11 is 0. The maximum Gasteiger partial charge on any atom is 0.234 e. The largest absolute Gasteiger partial charge is 0.368 e. The first-order valence-electron chi connectivity index (χ1n) is 6.79. The van der Waals surface area contributed by atoms with Crippen molar-refractivity contribution in [2.45, 2.75) is 39.7 Å². The van der Waals surface area contributed by atoms with Crippen molar-refractivity contribution < 1.29 is 4.79 Å². The van der Waals surface area contributed by atoms with Gasteiger partial charge in [-0.25, -0.2) is 0 Å². The van der Waals surface area contributed by atoms with Crippen molar-refractivity contribution in [1.29, 1.82) is 0 Å². The zero-order valence-corrected chi connectivity index (χ0v) is 11.4. The van der Waals surface area contributed by atoms with E-state index in [1.165, 1.54) is 0 Å². The number of carbonyl (C=O) groups is 1. The van der Waals surface area contributed by atoms with E-state index in [0.717, 1.165) is 50.9 Å². The minimum absolute atomic E-state index is 0.166. The molecular formula is C13H27N3O. The van der Waals surface area contributed by atoms with Crippen LogP contribution in [0.2, 0.25) is 0 Å². The van der Waals surface area contributed by atoms with Gasteiger partial charge in [-0.05, 0) is 31.2 Å². The molecule has 0 saturated carbocycles. The molecule has 0 aliphatic carbocycles. The van der Waals surface area contributed by atoms with Gasteiger partial charge in [0.05, 0.1) is 6.04 Å². The molecule has 1 rings (SSSR count). The van der Waals surface area contributed by atoms with Crippen LogP contribution in [0.5, 0.6) is 0 Å². The van der Waals surface area contributed by atoms with Crippen LogP contribution in [-0.2, 0) is 4.79 Å². The topological polar surface area (TPSA) is 58.4 Å². The number of carbonyl (C=O) groups excluding carboxylic acids is 1. The van der Waals surface area contributed by atoms with E-state index in [9.17, 15) is 4.79 Å². The van der Waals surface area contributed by atoms with Crippen LogP contribution < -0.4 is 11.1 Å². The molecule has 4 nitrogen and oxygen atoms in total. The first-order chi connectivity index (χ1) is 8.04. The summed E-state index contributed by atoms with van der Waals surface area (Å²) in [5.41, 5.74) is 5.40. The fourth-order valence-corrected chi connectivity index (χ4v) is 2.41. The second-order valence-corrected chi connectivity index (χ2v) is 5.41. The molecule has 1 heterocycles. The predicted molar refractivity (Wildman–Crippen MR) is 70.7 cm³/mol. The first kappa shape index (κ1) is 14.5. The van der Waals surface area contributed by atoms with Crippen molar-refractivity contribution in [1.82, 2.24) is 10.2 Å². The van der Waals surface area contributed by atoms with E-state index in [1.807, 2.05) is 0 Å². The van der Waals surface area contributed by atoms with E-state index in [-0.39, 0.29) is 11.9 Å². The minimum atomic E-state index is -0.223. The molecule has 4 heteroatoms. The highest BCUT2D eigenvalue weighted by Gasteiger charge is 2.26. The zero-order valence-electron chi connectivity index (χ0n) is 11.4. The number of hydrogen-bond acceptors (Lipinski definition) is 3. The van der Waals surface area contributed by atoms with E-state index in [0.29, 0.717) is 0 Å². The molecule has 0 aromatic heterocycles. The number of nitrogens with two attached hydrogens (primary N) is 1. The Bertz CT molecular complexity index is 235. The molecule has 100 valence electrons. The number of likely N-dealkylation sites (tertiary alicyclic amines) is 1. The number of nitrogens with one attached hydrogen (secondary N) is 1. The first-order valence-corrected chi connectivity index (χ1v) is 6.79. The van der Waals surface area contributed by atoms with Gasteiger partial charge >= 0.3 is 0 Å². The van der Waals surface area contributed by atoms with Crippen LogP contribution in [0.4, 0.5) is 0 Å². The molecule has 1 aliphatic heterocycles. The summed E-state index contributed by atoms with van der Waals surface area (Å²) in [7, 11) is 0. The quantitative estimate of drug-likeness (QED) is 0.694. The SMILES string of the molecule is CCCNC(CCN1CC(C)C(C)C1)C(N)=O. The van der Waals surface area contributed by atoms with E-state index in [4.69, 9.17) is 5.73 Å². The van der Waals surface area contributed by atoms with Gasteiger partial charge in [0.2, 0.25) is 5.91 Å². The molecule has 1 fully saturated rings. The summed E-state index contributed by atoms with van der Waals surface area (Å²) < 4.78 is 0. The van der Waals surface area contributed by atoms with E-state index in [1.54, 1.807) is 0 Å². The standard InChI is InChI=1S/C13H27N3O/c1-4-6-15-12(13(14)17)5-7-16-8-10(2)11(3)9-16/h10-12,15H,4-9H2,1-3H3,(H2,14,17). The molecule has 0 aromatic carbocycles. The lowest BCUT2D eigenvalue weighted by Crippen LogP contribution is -2.43. The highest BCUT2D eigenvalue weighted by atomic mass is 16.1. The van der Waals surface area contributed by atoms with Crippen LogP contribution in [0.1, 0.15) is 33.6 Å². The fourth-order valence-electron chi connectivity index (χ4n) is 2.41. The van der Waals surface area contributed by atoms with Gasteiger partial charge in [-0.15, -0.1) is 0 Å². The second kappa shape index (κ2) is 6.97. The Kier molecular flexibility index (Phi) is 5.92. The van der Waals surface area contributed by atoms with E-state index < -0.39 is 0 Å². The van der Waals surface area contributed by atoms with Crippen LogP contribution >= 0.6 is 0 Å². The van der Waals surface area contributed by atoms with Gasteiger partial charge in [-0.2, -0.15) is 0 Å². The van der Waals surface area contributed by atoms with Crippen LogP contribution in [0.25, 0.3) is 0 Å². The highest BCUT2D eigenvalue weighted by Crippen LogP contribution is 2.22. The third-order valence-electron chi connectivity index (χ3n) is 3.78. The Morgan fingerprint density at radius 2 is 2.00 bits per heavy atom. The molecular weight excluding hydrogens is 214 g/mol. The Morgan fingerprint density at radius 3 is 2.47 bits per heavy atom. The Labute approximate surface area is 105 Å². The normalized spacial score (nSPS) is 27.2. The van der Waals surface area contributed by atoms with Gasteiger partial charge in [-0.1, -0.05) is 20.8 Å². The average molecular weight is 241 g/mol. The van der Waals surface area contributed by atoms with Gasteiger partial charge in [0.15, 0.2) is 0 Å². The monoisotopic (exact) mass is 241 g/mol. The zero-order chi connectivity index (χ0) is 12.8. The number of rotatable bonds is 7. The van der Waals surface area contributed by atoms with Crippen molar-refractivity contribution in [3.05, 3.63) is 0 Å². The van der Waals surface area contributed by atoms with E-state index in [2.05, 4.69) is 31.0 Å². The van der Waals surface area contributed by atoms with Crippen molar-refractivity contribution in [3.8, 4) is 0 Å². The predicted octanol–water partition coefficient (Wildman–Crippen LogP) is 0.818. The number of primary amides is 1. The molecule has 3 unspecified atom stereocenters. The molecule has 0 radical (unpaired) electrons. The number of amides is 1. The van der Waals surface area contributed by atoms with Gasteiger partial charge in [0.1, 0.15) is 0 Å². The highest BCUT2D eigenvalue weighted by molar-refractivity contribution is 5.79.